The molecule has 0 unspecified atom stereocenters. The summed E-state index contributed by atoms with van der Waals surface area (Å²) < 4.78 is 6.81. The smallest absolute Gasteiger partial charge is 0.319 e. The van der Waals surface area contributed by atoms with Gasteiger partial charge >= 0.3 is 6.03 Å². The normalized spacial score (nSPS) is 16.2. The van der Waals surface area contributed by atoms with E-state index in [9.17, 15) is 4.79 Å². The van der Waals surface area contributed by atoms with Crippen LogP contribution in [0.3, 0.4) is 0 Å². The van der Waals surface area contributed by atoms with Gasteiger partial charge in [0.05, 0.1) is 12.3 Å². The summed E-state index contributed by atoms with van der Waals surface area (Å²) in [6, 6.07) is 14.4. The first-order valence-electron chi connectivity index (χ1n) is 11.5. The Hall–Kier alpha value is -2.77. The van der Waals surface area contributed by atoms with Crippen LogP contribution in [0.5, 0.6) is 5.75 Å². The van der Waals surface area contributed by atoms with Crippen LogP contribution in [0.15, 0.2) is 47.8 Å². The van der Waals surface area contributed by atoms with Crippen molar-refractivity contribution in [3.05, 3.63) is 53.4 Å². The van der Waals surface area contributed by atoms with Crippen molar-refractivity contribution in [3.8, 4) is 5.75 Å². The number of rotatable bonds is 7. The van der Waals surface area contributed by atoms with Crippen LogP contribution in [0.4, 0.5) is 16.2 Å². The number of hydrogen-bond donors (Lipinski definition) is 1. The number of piperazine rings is 1. The maximum atomic E-state index is 12.1. The largest absolute Gasteiger partial charge is 0.493 e. The van der Waals surface area contributed by atoms with Crippen molar-refractivity contribution in [2.45, 2.75) is 19.3 Å². The first-order chi connectivity index (χ1) is 15.7. The number of carbonyl (C=O) groups excluding carboxylic acids is 1. The van der Waals surface area contributed by atoms with Crippen molar-refractivity contribution in [3.63, 3.8) is 0 Å². The lowest BCUT2D eigenvalue weighted by Crippen LogP contribution is -2.46. The quantitative estimate of drug-likeness (QED) is 0.545. The number of amides is 2. The molecule has 0 bridgehead atoms. The van der Waals surface area contributed by atoms with Gasteiger partial charge in [-0.05, 0) is 49.2 Å². The molecule has 0 atom stereocenters. The molecule has 2 aliphatic rings. The van der Waals surface area contributed by atoms with E-state index in [1.165, 1.54) is 16.0 Å². The van der Waals surface area contributed by atoms with Crippen molar-refractivity contribution in [2.75, 3.05) is 55.7 Å². The summed E-state index contributed by atoms with van der Waals surface area (Å²) in [5.74, 6) is 1.05. The first kappa shape index (κ1) is 21.1. The van der Waals surface area contributed by atoms with E-state index in [1.807, 2.05) is 17.5 Å². The van der Waals surface area contributed by atoms with E-state index in [0.717, 1.165) is 75.4 Å². The zero-order chi connectivity index (χ0) is 21.9. The molecular weight excluding hydrogens is 420 g/mol. The fraction of sp³-hybridized carbons (Fsp3) is 0.400. The molecule has 3 heterocycles. The van der Waals surface area contributed by atoms with Gasteiger partial charge < -0.3 is 15.4 Å². The van der Waals surface area contributed by atoms with Crippen molar-refractivity contribution in [1.82, 2.24) is 4.90 Å². The topological polar surface area (TPSA) is 62.0 Å². The molecule has 0 radical (unpaired) electrons. The number of thiophene rings is 1. The second kappa shape index (κ2) is 9.38. The predicted molar refractivity (Wildman–Crippen MR) is 132 cm³/mol. The highest BCUT2D eigenvalue weighted by molar-refractivity contribution is 7.17. The lowest BCUT2D eigenvalue weighted by Gasteiger charge is -2.36. The van der Waals surface area contributed by atoms with Crippen LogP contribution >= 0.6 is 11.3 Å². The summed E-state index contributed by atoms with van der Waals surface area (Å²) >= 11 is 1.66. The van der Waals surface area contributed by atoms with Gasteiger partial charge in [0, 0.05) is 60.3 Å². The summed E-state index contributed by atoms with van der Waals surface area (Å²) in [5.41, 5.74) is 9.30. The Morgan fingerprint density at radius 2 is 1.94 bits per heavy atom. The number of benzene rings is 2. The Labute approximate surface area is 193 Å². The Morgan fingerprint density at radius 3 is 2.78 bits per heavy atom. The third-order valence-electron chi connectivity index (χ3n) is 6.53. The number of ether oxygens (including phenoxy) is 1. The third-order valence-corrected chi connectivity index (χ3v) is 7.48. The Morgan fingerprint density at radius 1 is 1.09 bits per heavy atom. The molecule has 168 valence electrons. The molecular formula is C25H30N4O2S. The SMILES string of the molecule is NC(=O)N(CCCCN1CCN(c2ccc3c(c2)CCO3)CC1)c1csc2ccccc12. The Balaban J connectivity index is 1.09. The molecule has 7 heteroatoms. The van der Waals surface area contributed by atoms with Gasteiger partial charge in [-0.25, -0.2) is 4.79 Å². The van der Waals surface area contributed by atoms with Gasteiger partial charge in [-0.3, -0.25) is 9.80 Å². The maximum Gasteiger partial charge on any atom is 0.319 e. The maximum absolute atomic E-state index is 12.1. The van der Waals surface area contributed by atoms with Gasteiger partial charge in [0.25, 0.3) is 0 Å². The Bertz CT molecular complexity index is 1090. The average molecular weight is 451 g/mol. The van der Waals surface area contributed by atoms with Crippen LogP contribution in [-0.4, -0.2) is 56.8 Å². The molecule has 2 amide bonds. The molecule has 2 aromatic carbocycles. The monoisotopic (exact) mass is 450 g/mol. The van der Waals surface area contributed by atoms with Gasteiger partial charge in [0.1, 0.15) is 5.75 Å². The average Bonchev–Trinajstić information content (AvgIpc) is 3.46. The minimum absolute atomic E-state index is 0.373. The molecule has 6 nitrogen and oxygen atoms in total. The second-order valence-corrected chi connectivity index (χ2v) is 9.44. The number of anilines is 2. The molecule has 1 fully saturated rings. The van der Waals surface area contributed by atoms with Crippen LogP contribution in [-0.2, 0) is 6.42 Å². The van der Waals surface area contributed by atoms with Crippen molar-refractivity contribution < 1.29 is 9.53 Å². The van der Waals surface area contributed by atoms with Crippen LogP contribution in [0.25, 0.3) is 10.1 Å². The van der Waals surface area contributed by atoms with E-state index in [2.05, 4.69) is 40.1 Å². The summed E-state index contributed by atoms with van der Waals surface area (Å²) in [6.45, 7) is 6.77. The predicted octanol–water partition coefficient (Wildman–Crippen LogP) is 4.32. The van der Waals surface area contributed by atoms with Crippen molar-refractivity contribution in [1.29, 1.82) is 0 Å². The molecule has 1 aromatic heterocycles. The molecule has 1 saturated heterocycles. The van der Waals surface area contributed by atoms with E-state index in [-0.39, 0.29) is 6.03 Å². The van der Waals surface area contributed by atoms with E-state index in [4.69, 9.17) is 10.5 Å². The fourth-order valence-electron chi connectivity index (χ4n) is 4.73. The highest BCUT2D eigenvalue weighted by Gasteiger charge is 2.20. The van der Waals surface area contributed by atoms with Crippen LogP contribution < -0.4 is 20.3 Å². The highest BCUT2D eigenvalue weighted by Crippen LogP contribution is 2.33. The van der Waals surface area contributed by atoms with Crippen LogP contribution in [0.1, 0.15) is 18.4 Å². The second-order valence-electron chi connectivity index (χ2n) is 8.53. The minimum atomic E-state index is -0.373. The molecule has 2 N–H and O–H groups in total. The summed E-state index contributed by atoms with van der Waals surface area (Å²) in [6.07, 6.45) is 3.02. The van der Waals surface area contributed by atoms with E-state index in [0.29, 0.717) is 6.54 Å². The van der Waals surface area contributed by atoms with Gasteiger partial charge in [0.2, 0.25) is 0 Å². The number of carbonyl (C=O) groups is 1. The van der Waals surface area contributed by atoms with E-state index < -0.39 is 0 Å². The number of fused-ring (bicyclic) bond motifs is 2. The van der Waals surface area contributed by atoms with Gasteiger partial charge in [-0.1, -0.05) is 18.2 Å². The Kier molecular flexibility index (Phi) is 6.19. The first-order valence-corrected chi connectivity index (χ1v) is 12.3. The van der Waals surface area contributed by atoms with Gasteiger partial charge in [-0.15, -0.1) is 11.3 Å². The summed E-state index contributed by atoms with van der Waals surface area (Å²) in [4.78, 5) is 18.8. The standard InChI is InChI=1S/C25H30N4O2S/c26-25(30)29(22-18-32-24-6-2-1-5-21(22)24)11-4-3-10-27-12-14-28(15-13-27)20-7-8-23-19(17-20)9-16-31-23/h1-2,5-8,17-18H,3-4,9-16H2,(H2,26,30). The van der Waals surface area contributed by atoms with Crippen LogP contribution in [0.2, 0.25) is 0 Å². The molecule has 2 aliphatic heterocycles. The lowest BCUT2D eigenvalue weighted by atomic mass is 10.1. The number of nitrogens with two attached hydrogens (primary N) is 1. The molecule has 3 aromatic rings. The van der Waals surface area contributed by atoms with Gasteiger partial charge in [0.15, 0.2) is 0 Å². The molecule has 0 aliphatic carbocycles. The zero-order valence-corrected chi connectivity index (χ0v) is 19.2. The molecule has 0 spiro atoms. The number of hydrogen-bond acceptors (Lipinski definition) is 5. The van der Waals surface area contributed by atoms with E-state index >= 15 is 0 Å². The summed E-state index contributed by atoms with van der Waals surface area (Å²) in [5, 5.41) is 3.14. The lowest BCUT2D eigenvalue weighted by molar-refractivity contribution is 0.249. The molecule has 0 saturated carbocycles. The van der Waals surface area contributed by atoms with Crippen molar-refractivity contribution in [2.24, 2.45) is 5.73 Å². The number of unbranched alkanes of at least 4 members (excludes halogenated alkanes) is 1. The highest BCUT2D eigenvalue weighted by atomic mass is 32.1. The third kappa shape index (κ3) is 4.40. The molecule has 5 rings (SSSR count). The number of primary amides is 1. The fourth-order valence-corrected chi connectivity index (χ4v) is 5.68. The molecule has 32 heavy (non-hydrogen) atoms. The van der Waals surface area contributed by atoms with Crippen LogP contribution in [0, 0.1) is 0 Å². The zero-order valence-electron chi connectivity index (χ0n) is 18.3. The minimum Gasteiger partial charge on any atom is -0.493 e. The summed E-state index contributed by atoms with van der Waals surface area (Å²) in [7, 11) is 0. The van der Waals surface area contributed by atoms with E-state index in [1.54, 1.807) is 16.2 Å². The number of nitrogens with zero attached hydrogens (tertiary/aromatic N) is 3. The van der Waals surface area contributed by atoms with Crippen molar-refractivity contribution >= 4 is 38.8 Å². The number of urea groups is 1. The van der Waals surface area contributed by atoms with Gasteiger partial charge in [-0.2, -0.15) is 0 Å².